The van der Waals surface area contributed by atoms with E-state index in [1.807, 2.05) is 32.9 Å². The van der Waals surface area contributed by atoms with Crippen molar-refractivity contribution in [2.45, 2.75) is 52.5 Å². The molecule has 0 radical (unpaired) electrons. The largest absolute Gasteiger partial charge is 0.480 e. The van der Waals surface area contributed by atoms with Gasteiger partial charge in [-0.15, -0.1) is 0 Å². The Kier molecular flexibility index (Phi) is 9.25. The highest BCUT2D eigenvalue weighted by Crippen LogP contribution is 2.22. The van der Waals surface area contributed by atoms with E-state index in [-0.39, 0.29) is 18.2 Å². The lowest BCUT2D eigenvalue weighted by Gasteiger charge is -2.17. The van der Waals surface area contributed by atoms with Crippen molar-refractivity contribution < 1.29 is 19.5 Å². The van der Waals surface area contributed by atoms with Crippen LogP contribution in [0.25, 0.3) is 5.69 Å². The molecule has 0 aliphatic heterocycles. The number of rotatable bonds is 11. The minimum atomic E-state index is -1.07. The fraction of sp³-hybridized carbons (Fsp3) is 0.333. The number of aliphatic carboxylic acids is 1. The van der Waals surface area contributed by atoms with E-state index in [0.717, 1.165) is 17.8 Å². The zero-order valence-electron chi connectivity index (χ0n) is 20.6. The molecule has 0 aliphatic carbocycles. The highest BCUT2D eigenvalue weighted by Gasteiger charge is 2.23. The van der Waals surface area contributed by atoms with Crippen LogP contribution in [0.4, 0.5) is 5.69 Å². The molecule has 190 valence electrons. The first kappa shape index (κ1) is 26.9. The second-order valence-corrected chi connectivity index (χ2v) is 9.46. The number of halogens is 1. The Labute approximate surface area is 215 Å². The van der Waals surface area contributed by atoms with Gasteiger partial charge in [0.15, 0.2) is 0 Å². The molecule has 2 amide bonds. The summed E-state index contributed by atoms with van der Waals surface area (Å²) in [6.45, 7) is 5.82. The van der Waals surface area contributed by atoms with E-state index < -0.39 is 17.9 Å². The molecule has 1 heterocycles. The third-order valence-electron chi connectivity index (χ3n) is 5.63. The number of carboxylic acids is 1. The van der Waals surface area contributed by atoms with E-state index in [4.69, 9.17) is 11.6 Å². The first-order valence-corrected chi connectivity index (χ1v) is 12.3. The van der Waals surface area contributed by atoms with E-state index in [9.17, 15) is 19.5 Å². The maximum absolute atomic E-state index is 13.3. The van der Waals surface area contributed by atoms with Crippen molar-refractivity contribution in [2.75, 3.05) is 5.32 Å². The van der Waals surface area contributed by atoms with Crippen molar-refractivity contribution >= 4 is 35.1 Å². The molecular formula is C27H31ClN4O4. The molecule has 3 rings (SSSR count). The topological polar surface area (TPSA) is 113 Å². The Bertz CT molecular complexity index is 1220. The number of hydrogen-bond acceptors (Lipinski definition) is 4. The molecule has 2 aromatic carbocycles. The van der Waals surface area contributed by atoms with E-state index in [2.05, 4.69) is 15.7 Å². The molecule has 0 aliphatic rings. The van der Waals surface area contributed by atoms with Gasteiger partial charge in [-0.05, 0) is 54.7 Å². The SMILES string of the molecule is CCCc1c(C(=O)Nc2ccccc2CC(=O)NC(CC(C)C)C(=O)O)cnn1-c1ccc(Cl)cc1. The Morgan fingerprint density at radius 2 is 1.78 bits per heavy atom. The van der Waals surface area contributed by atoms with Gasteiger partial charge in [0.25, 0.3) is 5.91 Å². The summed E-state index contributed by atoms with van der Waals surface area (Å²) in [4.78, 5) is 37.4. The monoisotopic (exact) mass is 510 g/mol. The highest BCUT2D eigenvalue weighted by atomic mass is 35.5. The van der Waals surface area contributed by atoms with Gasteiger partial charge in [-0.3, -0.25) is 9.59 Å². The summed E-state index contributed by atoms with van der Waals surface area (Å²) >= 11 is 6.01. The Balaban J connectivity index is 1.80. The van der Waals surface area contributed by atoms with Crippen LogP contribution in [0, 0.1) is 5.92 Å². The third-order valence-corrected chi connectivity index (χ3v) is 5.88. The molecule has 0 spiro atoms. The number of nitrogens with zero attached hydrogens (tertiary/aromatic N) is 2. The quantitative estimate of drug-likeness (QED) is 0.340. The first-order chi connectivity index (χ1) is 17.2. The standard InChI is InChI=1S/C27H31ClN4O4/c1-4-7-24-21(16-29-32(24)20-12-10-19(28)11-13-20)26(34)31-22-9-6-5-8-18(22)15-25(33)30-23(27(35)36)14-17(2)3/h5-6,8-13,16-17,23H,4,7,14-15H2,1-3H3,(H,30,33)(H,31,34)(H,35,36). The zero-order chi connectivity index (χ0) is 26.2. The Hall–Kier alpha value is -3.65. The number of anilines is 1. The third kappa shape index (κ3) is 6.95. The van der Waals surface area contributed by atoms with Crippen LogP contribution in [-0.4, -0.2) is 38.7 Å². The van der Waals surface area contributed by atoms with Gasteiger partial charge < -0.3 is 15.7 Å². The average Bonchev–Trinajstić information content (AvgIpc) is 3.24. The van der Waals surface area contributed by atoms with Gasteiger partial charge in [-0.1, -0.05) is 57.0 Å². The number of benzene rings is 2. The van der Waals surface area contributed by atoms with Crippen molar-refractivity contribution in [1.29, 1.82) is 0 Å². The number of carboxylic acid groups (broad SMARTS) is 1. The lowest BCUT2D eigenvalue weighted by Crippen LogP contribution is -2.42. The second-order valence-electron chi connectivity index (χ2n) is 9.02. The summed E-state index contributed by atoms with van der Waals surface area (Å²) in [6.07, 6.45) is 3.26. The number of carbonyl (C=O) groups excluding carboxylic acids is 2. The summed E-state index contributed by atoms with van der Waals surface area (Å²) < 4.78 is 1.73. The lowest BCUT2D eigenvalue weighted by molar-refractivity contribution is -0.142. The molecule has 8 nitrogen and oxygen atoms in total. The van der Waals surface area contributed by atoms with E-state index in [1.165, 1.54) is 6.20 Å². The normalized spacial score (nSPS) is 11.8. The summed E-state index contributed by atoms with van der Waals surface area (Å²) in [5.41, 5.74) is 3.07. The molecule has 0 fully saturated rings. The van der Waals surface area contributed by atoms with Crippen LogP contribution in [0.3, 0.4) is 0 Å². The van der Waals surface area contributed by atoms with E-state index >= 15 is 0 Å². The first-order valence-electron chi connectivity index (χ1n) is 11.9. The molecule has 1 unspecified atom stereocenters. The average molecular weight is 511 g/mol. The van der Waals surface area contributed by atoms with Crippen LogP contribution in [0.2, 0.25) is 5.02 Å². The number of carbonyl (C=O) groups is 3. The molecule has 0 bridgehead atoms. The number of para-hydroxylation sites is 1. The van der Waals surface area contributed by atoms with Gasteiger partial charge in [0.05, 0.1) is 29.6 Å². The predicted molar refractivity (Wildman–Crippen MR) is 140 cm³/mol. The second kappa shape index (κ2) is 12.4. The van der Waals surface area contributed by atoms with Crippen molar-refractivity contribution in [2.24, 2.45) is 5.92 Å². The van der Waals surface area contributed by atoms with Gasteiger partial charge in [-0.25, -0.2) is 9.48 Å². The van der Waals surface area contributed by atoms with Crippen LogP contribution < -0.4 is 10.6 Å². The molecule has 0 saturated carbocycles. The number of hydrogen-bond donors (Lipinski definition) is 3. The minimum Gasteiger partial charge on any atom is -0.480 e. The summed E-state index contributed by atoms with van der Waals surface area (Å²) in [5, 5.41) is 20.0. The molecule has 1 atom stereocenters. The smallest absolute Gasteiger partial charge is 0.326 e. The maximum atomic E-state index is 13.3. The highest BCUT2D eigenvalue weighted by molar-refractivity contribution is 6.30. The number of amides is 2. The van der Waals surface area contributed by atoms with E-state index in [0.29, 0.717) is 34.7 Å². The van der Waals surface area contributed by atoms with Crippen molar-refractivity contribution in [3.8, 4) is 5.69 Å². The molecule has 0 saturated heterocycles. The summed E-state index contributed by atoms with van der Waals surface area (Å²) in [5.74, 6) is -1.72. The summed E-state index contributed by atoms with van der Waals surface area (Å²) in [7, 11) is 0. The van der Waals surface area contributed by atoms with E-state index in [1.54, 1.807) is 41.1 Å². The number of aromatic nitrogens is 2. The van der Waals surface area contributed by atoms with Gasteiger partial charge >= 0.3 is 5.97 Å². The maximum Gasteiger partial charge on any atom is 0.326 e. The molecule has 1 aromatic heterocycles. The van der Waals surface area contributed by atoms with Crippen molar-refractivity contribution in [3.05, 3.63) is 76.6 Å². The van der Waals surface area contributed by atoms with Crippen molar-refractivity contribution in [1.82, 2.24) is 15.1 Å². The van der Waals surface area contributed by atoms with Gasteiger partial charge in [0.1, 0.15) is 6.04 Å². The molecule has 3 aromatic rings. The lowest BCUT2D eigenvalue weighted by atomic mass is 10.0. The van der Waals surface area contributed by atoms with Crippen LogP contribution in [0.15, 0.2) is 54.7 Å². The summed E-state index contributed by atoms with van der Waals surface area (Å²) in [6, 6.07) is 13.2. The van der Waals surface area contributed by atoms with Crippen LogP contribution in [-0.2, 0) is 22.4 Å². The van der Waals surface area contributed by atoms with Gasteiger partial charge in [-0.2, -0.15) is 5.10 Å². The predicted octanol–water partition coefficient (Wildman–Crippen LogP) is 4.89. The fourth-order valence-electron chi connectivity index (χ4n) is 3.94. The van der Waals surface area contributed by atoms with Gasteiger partial charge in [0.2, 0.25) is 5.91 Å². The minimum absolute atomic E-state index is 0.0653. The van der Waals surface area contributed by atoms with Crippen LogP contribution in [0.1, 0.15) is 55.2 Å². The Morgan fingerprint density at radius 3 is 2.42 bits per heavy atom. The molecule has 9 heteroatoms. The molecule has 3 N–H and O–H groups in total. The zero-order valence-corrected chi connectivity index (χ0v) is 21.4. The fourth-order valence-corrected chi connectivity index (χ4v) is 4.07. The molecule has 36 heavy (non-hydrogen) atoms. The van der Waals surface area contributed by atoms with Gasteiger partial charge in [0, 0.05) is 10.7 Å². The Morgan fingerprint density at radius 1 is 1.08 bits per heavy atom. The molecular weight excluding hydrogens is 480 g/mol. The van der Waals surface area contributed by atoms with Crippen molar-refractivity contribution in [3.63, 3.8) is 0 Å². The van der Waals surface area contributed by atoms with Crippen LogP contribution >= 0.6 is 11.6 Å². The van der Waals surface area contributed by atoms with Crippen LogP contribution in [0.5, 0.6) is 0 Å². The number of nitrogens with one attached hydrogen (secondary N) is 2.